The van der Waals surface area contributed by atoms with Gasteiger partial charge in [-0.2, -0.15) is 13.2 Å². The minimum atomic E-state index is -4.34. The molecule has 0 spiro atoms. The highest BCUT2D eigenvalue weighted by Gasteiger charge is 2.30. The Morgan fingerprint density at radius 3 is 2.29 bits per heavy atom. The highest BCUT2D eigenvalue weighted by molar-refractivity contribution is 5.91. The van der Waals surface area contributed by atoms with E-state index in [2.05, 4.69) is 10.2 Å². The molecule has 1 aromatic heterocycles. The lowest BCUT2D eigenvalue weighted by molar-refractivity contribution is -0.137. The Kier molecular flexibility index (Phi) is 8.29. The molecule has 1 fully saturated rings. The number of hydrogen-bond acceptors (Lipinski definition) is 3. The second kappa shape index (κ2) is 11.6. The lowest BCUT2D eigenvalue weighted by Crippen LogP contribution is -2.35. The van der Waals surface area contributed by atoms with Crippen LogP contribution in [-0.2, 0) is 25.7 Å². The molecule has 1 N–H and O–H groups in total. The quantitative estimate of drug-likeness (QED) is 0.372. The van der Waals surface area contributed by atoms with Gasteiger partial charge in [0.1, 0.15) is 5.76 Å². The van der Waals surface area contributed by atoms with Crippen LogP contribution in [0.4, 0.5) is 13.2 Å². The number of halogens is 3. The molecular formula is C28H31F3N2O2. The fraction of sp³-hybridized carbons (Fsp3) is 0.393. The van der Waals surface area contributed by atoms with Gasteiger partial charge in [0.25, 0.3) is 5.91 Å². The van der Waals surface area contributed by atoms with E-state index in [4.69, 9.17) is 4.42 Å². The Balaban J connectivity index is 1.38. The number of carbonyl (C=O) groups is 1. The number of nitrogens with zero attached hydrogens (tertiary/aromatic N) is 1. The van der Waals surface area contributed by atoms with Crippen molar-refractivity contribution in [2.75, 3.05) is 6.54 Å². The zero-order valence-electron chi connectivity index (χ0n) is 19.7. The standard InChI is InChI=1S/C28H31F3N2O2/c29-28(30,31)23-13-11-22(12-14-23)19-33(24-9-5-2-6-10-24)20-25-15-16-26(35-25)27(34)32-18-17-21-7-3-1-4-8-21/h1,3-4,7-8,11-16,24H,2,5-6,9-10,17-20H2,(H,32,34). The number of hydrogen-bond donors (Lipinski definition) is 1. The van der Waals surface area contributed by atoms with Crippen molar-refractivity contribution in [1.29, 1.82) is 0 Å². The van der Waals surface area contributed by atoms with Crippen molar-refractivity contribution in [3.63, 3.8) is 0 Å². The van der Waals surface area contributed by atoms with Gasteiger partial charge in [0, 0.05) is 19.1 Å². The minimum absolute atomic E-state index is 0.251. The molecule has 186 valence electrons. The first-order valence-corrected chi connectivity index (χ1v) is 12.2. The Labute approximate surface area is 204 Å². The van der Waals surface area contributed by atoms with Crippen LogP contribution in [0, 0.1) is 0 Å². The maximum absolute atomic E-state index is 12.9. The third-order valence-corrected chi connectivity index (χ3v) is 6.54. The maximum Gasteiger partial charge on any atom is 0.416 e. The average molecular weight is 485 g/mol. The van der Waals surface area contributed by atoms with Gasteiger partial charge < -0.3 is 9.73 Å². The summed E-state index contributed by atoms with van der Waals surface area (Å²) in [4.78, 5) is 14.8. The normalized spacial score (nSPS) is 14.9. The fourth-order valence-corrected chi connectivity index (χ4v) is 4.63. The Morgan fingerprint density at radius 1 is 0.886 bits per heavy atom. The molecule has 4 nitrogen and oxygen atoms in total. The second-order valence-corrected chi connectivity index (χ2v) is 9.15. The molecule has 0 aliphatic heterocycles. The second-order valence-electron chi connectivity index (χ2n) is 9.15. The number of alkyl halides is 3. The lowest BCUT2D eigenvalue weighted by Gasteiger charge is -2.34. The number of carbonyl (C=O) groups excluding carboxylic acids is 1. The largest absolute Gasteiger partial charge is 0.455 e. The summed E-state index contributed by atoms with van der Waals surface area (Å²) < 4.78 is 44.7. The first kappa shape index (κ1) is 25.0. The van der Waals surface area contributed by atoms with Gasteiger partial charge in [0.2, 0.25) is 0 Å². The van der Waals surface area contributed by atoms with Crippen molar-refractivity contribution in [3.05, 3.63) is 94.9 Å². The number of benzene rings is 2. The number of nitrogens with one attached hydrogen (secondary N) is 1. The Bertz CT molecular complexity index is 1070. The molecule has 0 radical (unpaired) electrons. The van der Waals surface area contributed by atoms with Gasteiger partial charge in [-0.05, 0) is 54.7 Å². The summed E-state index contributed by atoms with van der Waals surface area (Å²) >= 11 is 0. The summed E-state index contributed by atoms with van der Waals surface area (Å²) in [5, 5.41) is 2.90. The topological polar surface area (TPSA) is 45.5 Å². The van der Waals surface area contributed by atoms with Gasteiger partial charge in [-0.25, -0.2) is 0 Å². The predicted octanol–water partition coefficient (Wildman–Crippen LogP) is 6.61. The van der Waals surface area contributed by atoms with Gasteiger partial charge in [-0.3, -0.25) is 9.69 Å². The van der Waals surface area contributed by atoms with Crippen LogP contribution < -0.4 is 5.32 Å². The molecule has 1 amide bonds. The van der Waals surface area contributed by atoms with Crippen LogP contribution in [0.5, 0.6) is 0 Å². The van der Waals surface area contributed by atoms with Crippen LogP contribution in [0.15, 0.2) is 71.1 Å². The summed E-state index contributed by atoms with van der Waals surface area (Å²) in [5.74, 6) is 0.695. The van der Waals surface area contributed by atoms with Crippen LogP contribution >= 0.6 is 0 Å². The summed E-state index contributed by atoms with van der Waals surface area (Å²) in [6.45, 7) is 1.55. The molecule has 1 saturated carbocycles. The number of rotatable bonds is 9. The van der Waals surface area contributed by atoms with Crippen LogP contribution in [0.25, 0.3) is 0 Å². The number of furan rings is 1. The van der Waals surface area contributed by atoms with Gasteiger partial charge in [-0.15, -0.1) is 0 Å². The van der Waals surface area contributed by atoms with E-state index >= 15 is 0 Å². The SMILES string of the molecule is O=C(NCCc1ccccc1)c1ccc(CN(Cc2ccc(C(F)(F)F)cc2)C2CCCCC2)o1. The first-order chi connectivity index (χ1) is 16.9. The molecule has 0 bridgehead atoms. The van der Waals surface area contributed by atoms with Crippen LogP contribution in [0.1, 0.15) is 65.1 Å². The van der Waals surface area contributed by atoms with Crippen molar-refractivity contribution in [3.8, 4) is 0 Å². The molecule has 4 rings (SSSR count). The molecule has 0 unspecified atom stereocenters. The van der Waals surface area contributed by atoms with E-state index in [1.807, 2.05) is 36.4 Å². The summed E-state index contributed by atoms with van der Waals surface area (Å²) in [6.07, 6.45) is 1.99. The predicted molar refractivity (Wildman–Crippen MR) is 129 cm³/mol. The highest BCUT2D eigenvalue weighted by Crippen LogP contribution is 2.30. The van der Waals surface area contributed by atoms with E-state index in [1.54, 1.807) is 18.2 Å². The Hall–Kier alpha value is -3.06. The molecule has 1 aliphatic carbocycles. The molecule has 1 aliphatic rings. The van der Waals surface area contributed by atoms with Gasteiger partial charge >= 0.3 is 6.18 Å². The van der Waals surface area contributed by atoms with Gasteiger partial charge in [0.05, 0.1) is 12.1 Å². The smallest absolute Gasteiger partial charge is 0.416 e. The van der Waals surface area contributed by atoms with Crippen molar-refractivity contribution < 1.29 is 22.4 Å². The summed E-state index contributed by atoms with van der Waals surface area (Å²) in [5.41, 5.74) is 1.34. The molecule has 7 heteroatoms. The van der Waals surface area contributed by atoms with E-state index in [1.165, 1.54) is 6.42 Å². The van der Waals surface area contributed by atoms with E-state index in [-0.39, 0.29) is 11.7 Å². The number of amides is 1. The minimum Gasteiger partial charge on any atom is -0.455 e. The zero-order chi connectivity index (χ0) is 24.7. The van der Waals surface area contributed by atoms with E-state index in [0.29, 0.717) is 31.4 Å². The van der Waals surface area contributed by atoms with Crippen molar-refractivity contribution in [2.24, 2.45) is 0 Å². The molecular weight excluding hydrogens is 453 g/mol. The zero-order valence-corrected chi connectivity index (χ0v) is 19.7. The summed E-state index contributed by atoms with van der Waals surface area (Å²) in [7, 11) is 0. The molecule has 2 aromatic carbocycles. The highest BCUT2D eigenvalue weighted by atomic mass is 19.4. The monoisotopic (exact) mass is 484 g/mol. The molecule has 3 aromatic rings. The third kappa shape index (κ3) is 7.21. The van der Waals surface area contributed by atoms with Crippen molar-refractivity contribution >= 4 is 5.91 Å². The molecule has 0 atom stereocenters. The van der Waals surface area contributed by atoms with Crippen LogP contribution in [0.2, 0.25) is 0 Å². The lowest BCUT2D eigenvalue weighted by atomic mass is 9.93. The van der Waals surface area contributed by atoms with E-state index in [0.717, 1.165) is 55.4 Å². The molecule has 1 heterocycles. The summed E-state index contributed by atoms with van der Waals surface area (Å²) in [6, 6.07) is 19.1. The average Bonchev–Trinajstić information content (AvgIpc) is 3.33. The van der Waals surface area contributed by atoms with E-state index < -0.39 is 11.7 Å². The van der Waals surface area contributed by atoms with Crippen LogP contribution in [-0.4, -0.2) is 23.4 Å². The molecule has 0 saturated heterocycles. The first-order valence-electron chi connectivity index (χ1n) is 12.2. The Morgan fingerprint density at radius 2 is 1.60 bits per heavy atom. The van der Waals surface area contributed by atoms with E-state index in [9.17, 15) is 18.0 Å². The maximum atomic E-state index is 12.9. The van der Waals surface area contributed by atoms with Gasteiger partial charge in [0.15, 0.2) is 5.76 Å². The van der Waals surface area contributed by atoms with Crippen molar-refractivity contribution in [2.45, 2.75) is 63.8 Å². The van der Waals surface area contributed by atoms with Gasteiger partial charge in [-0.1, -0.05) is 61.7 Å². The van der Waals surface area contributed by atoms with Crippen LogP contribution in [0.3, 0.4) is 0 Å². The van der Waals surface area contributed by atoms with Crippen molar-refractivity contribution in [1.82, 2.24) is 10.2 Å². The molecule has 35 heavy (non-hydrogen) atoms. The fourth-order valence-electron chi connectivity index (χ4n) is 4.63. The third-order valence-electron chi connectivity index (χ3n) is 6.54.